The molecule has 0 aliphatic carbocycles. The molecule has 0 N–H and O–H groups in total. The van der Waals surface area contributed by atoms with E-state index in [1.807, 2.05) is 34.1 Å². The summed E-state index contributed by atoms with van der Waals surface area (Å²) in [6, 6.07) is 9.21. The Bertz CT molecular complexity index is 811. The van der Waals surface area contributed by atoms with E-state index in [0.717, 1.165) is 44.5 Å². The van der Waals surface area contributed by atoms with E-state index in [9.17, 15) is 9.59 Å². The van der Waals surface area contributed by atoms with Crippen molar-refractivity contribution in [1.82, 2.24) is 19.8 Å². The van der Waals surface area contributed by atoms with Gasteiger partial charge in [0.2, 0.25) is 5.91 Å². The van der Waals surface area contributed by atoms with Gasteiger partial charge in [-0.1, -0.05) is 12.1 Å². The fraction of sp³-hybridized carbons (Fsp3) is 0.429. The molecular weight excluding hydrogens is 340 g/mol. The lowest BCUT2D eigenvalue weighted by Gasteiger charge is -2.40. The van der Waals surface area contributed by atoms with Gasteiger partial charge in [-0.2, -0.15) is 0 Å². The molecule has 6 nitrogen and oxygen atoms in total. The molecule has 2 fully saturated rings. The average Bonchev–Trinajstić information content (AvgIpc) is 3.12. The van der Waals surface area contributed by atoms with Gasteiger partial charge in [-0.25, -0.2) is 0 Å². The van der Waals surface area contributed by atoms with Crippen molar-refractivity contribution in [1.29, 1.82) is 0 Å². The van der Waals surface area contributed by atoms with Crippen LogP contribution in [0.4, 0.5) is 0 Å². The predicted molar refractivity (Wildman–Crippen MR) is 101 cm³/mol. The first-order valence-corrected chi connectivity index (χ1v) is 9.52. The number of piperidine rings is 1. The fourth-order valence-electron chi connectivity index (χ4n) is 4.30. The number of rotatable bonds is 3. The lowest BCUT2D eigenvalue weighted by Crippen LogP contribution is -2.48. The second-order valence-electron chi connectivity index (χ2n) is 7.65. The highest BCUT2D eigenvalue weighted by atomic mass is 16.2. The van der Waals surface area contributed by atoms with Gasteiger partial charge in [-0.05, 0) is 43.0 Å². The van der Waals surface area contributed by atoms with E-state index < -0.39 is 0 Å². The Balaban J connectivity index is 1.40. The molecule has 27 heavy (non-hydrogen) atoms. The number of hydrogen-bond donors (Lipinski definition) is 0. The van der Waals surface area contributed by atoms with E-state index in [4.69, 9.17) is 0 Å². The fourth-order valence-corrected chi connectivity index (χ4v) is 4.30. The molecule has 0 aromatic carbocycles. The molecule has 2 amide bonds. The molecule has 1 spiro atoms. The van der Waals surface area contributed by atoms with E-state index in [1.165, 1.54) is 0 Å². The smallest absolute Gasteiger partial charge is 0.272 e. The third kappa shape index (κ3) is 3.84. The highest BCUT2D eigenvalue weighted by Gasteiger charge is 2.43. The second kappa shape index (κ2) is 7.47. The first-order valence-electron chi connectivity index (χ1n) is 9.52. The Kier molecular flexibility index (Phi) is 4.88. The Hall–Kier alpha value is -2.76. The zero-order valence-corrected chi connectivity index (χ0v) is 15.4. The number of pyridine rings is 2. The van der Waals surface area contributed by atoms with Crippen LogP contribution in [-0.4, -0.2) is 57.8 Å². The summed E-state index contributed by atoms with van der Waals surface area (Å²) < 4.78 is 0. The standard InChI is InChI=1S/C21H24N4O2/c26-19(13-17-5-3-9-22-14-17)24-11-4-7-21(15-24)8-12-25(16-21)20(27)18-6-1-2-10-23-18/h1-3,5-6,9-10,14H,4,7-8,11-13,15-16H2. The SMILES string of the molecule is O=C(Cc1cccnc1)N1CCCC2(CCN(C(=O)c3ccccn3)C2)C1. The van der Waals surface area contributed by atoms with E-state index in [-0.39, 0.29) is 17.2 Å². The molecular formula is C21H24N4O2. The highest BCUT2D eigenvalue weighted by Crippen LogP contribution is 2.39. The number of aromatic nitrogens is 2. The van der Waals surface area contributed by atoms with Gasteiger partial charge in [0.1, 0.15) is 5.69 Å². The summed E-state index contributed by atoms with van der Waals surface area (Å²) in [6.45, 7) is 2.98. The molecule has 2 aromatic heterocycles. The molecule has 140 valence electrons. The molecule has 0 saturated carbocycles. The van der Waals surface area contributed by atoms with Gasteiger partial charge in [-0.3, -0.25) is 19.6 Å². The molecule has 2 aliphatic heterocycles. The number of carbonyl (C=O) groups excluding carboxylic acids is 2. The minimum atomic E-state index is -0.00807. The van der Waals surface area contributed by atoms with Crippen LogP contribution in [0.5, 0.6) is 0 Å². The monoisotopic (exact) mass is 364 g/mol. The van der Waals surface area contributed by atoms with E-state index in [0.29, 0.717) is 18.7 Å². The first kappa shape index (κ1) is 17.6. The molecule has 6 heteroatoms. The molecule has 1 unspecified atom stereocenters. The summed E-state index contributed by atoms with van der Waals surface area (Å²) in [4.78, 5) is 37.6. The minimum Gasteiger partial charge on any atom is -0.342 e. The maximum absolute atomic E-state index is 12.8. The van der Waals surface area contributed by atoms with Crippen LogP contribution in [-0.2, 0) is 11.2 Å². The average molecular weight is 364 g/mol. The normalized spacial score (nSPS) is 22.2. The van der Waals surface area contributed by atoms with E-state index in [1.54, 1.807) is 24.7 Å². The quantitative estimate of drug-likeness (QED) is 0.837. The topological polar surface area (TPSA) is 66.4 Å². The summed E-state index contributed by atoms with van der Waals surface area (Å²) in [5.74, 6) is 0.142. The maximum atomic E-state index is 12.8. The molecule has 4 heterocycles. The van der Waals surface area contributed by atoms with Crippen molar-refractivity contribution in [3.05, 3.63) is 60.2 Å². The van der Waals surface area contributed by atoms with Crippen molar-refractivity contribution in [2.75, 3.05) is 26.2 Å². The van der Waals surface area contributed by atoms with Crippen LogP contribution in [0, 0.1) is 5.41 Å². The van der Waals surface area contributed by atoms with Crippen molar-refractivity contribution in [3.8, 4) is 0 Å². The molecule has 4 rings (SSSR count). The summed E-state index contributed by atoms with van der Waals surface area (Å²) in [6.07, 6.45) is 8.51. The van der Waals surface area contributed by atoms with Gasteiger partial charge < -0.3 is 9.80 Å². The molecule has 0 bridgehead atoms. The Labute approximate surface area is 159 Å². The lowest BCUT2D eigenvalue weighted by atomic mass is 9.79. The number of hydrogen-bond acceptors (Lipinski definition) is 4. The van der Waals surface area contributed by atoms with Crippen molar-refractivity contribution in [3.63, 3.8) is 0 Å². The summed E-state index contributed by atoms with van der Waals surface area (Å²) in [7, 11) is 0. The Morgan fingerprint density at radius 1 is 1.00 bits per heavy atom. The van der Waals surface area contributed by atoms with E-state index in [2.05, 4.69) is 9.97 Å². The number of likely N-dealkylation sites (tertiary alicyclic amines) is 2. The van der Waals surface area contributed by atoms with Gasteiger partial charge in [0, 0.05) is 50.2 Å². The van der Waals surface area contributed by atoms with Gasteiger partial charge in [0.15, 0.2) is 0 Å². The molecule has 2 saturated heterocycles. The second-order valence-corrected chi connectivity index (χ2v) is 7.65. The Morgan fingerprint density at radius 3 is 2.67 bits per heavy atom. The minimum absolute atomic E-state index is 0.00807. The summed E-state index contributed by atoms with van der Waals surface area (Å²) in [5.41, 5.74) is 1.46. The molecule has 2 aromatic rings. The molecule has 1 atom stereocenters. The first-order chi connectivity index (χ1) is 13.2. The van der Waals surface area contributed by atoms with Crippen molar-refractivity contribution in [2.24, 2.45) is 5.41 Å². The van der Waals surface area contributed by atoms with Gasteiger partial charge in [0.25, 0.3) is 5.91 Å². The number of nitrogens with zero attached hydrogens (tertiary/aromatic N) is 4. The number of amides is 2. The van der Waals surface area contributed by atoms with Gasteiger partial charge in [-0.15, -0.1) is 0 Å². The van der Waals surface area contributed by atoms with Crippen LogP contribution in [0.3, 0.4) is 0 Å². The van der Waals surface area contributed by atoms with Crippen LogP contribution in [0.25, 0.3) is 0 Å². The Morgan fingerprint density at radius 2 is 1.89 bits per heavy atom. The van der Waals surface area contributed by atoms with Crippen molar-refractivity contribution < 1.29 is 9.59 Å². The third-order valence-electron chi connectivity index (χ3n) is 5.70. The van der Waals surface area contributed by atoms with Crippen LogP contribution >= 0.6 is 0 Å². The van der Waals surface area contributed by atoms with Crippen molar-refractivity contribution in [2.45, 2.75) is 25.7 Å². The van der Waals surface area contributed by atoms with Gasteiger partial charge in [0.05, 0.1) is 6.42 Å². The van der Waals surface area contributed by atoms with Crippen LogP contribution in [0.15, 0.2) is 48.9 Å². The van der Waals surface area contributed by atoms with E-state index >= 15 is 0 Å². The highest BCUT2D eigenvalue weighted by molar-refractivity contribution is 5.92. The zero-order valence-electron chi connectivity index (χ0n) is 15.4. The zero-order chi connectivity index (χ0) is 18.7. The largest absolute Gasteiger partial charge is 0.342 e. The lowest BCUT2D eigenvalue weighted by molar-refractivity contribution is -0.133. The van der Waals surface area contributed by atoms with Crippen molar-refractivity contribution >= 4 is 11.8 Å². The molecule has 0 radical (unpaired) electrons. The number of carbonyl (C=O) groups is 2. The predicted octanol–water partition coefficient (Wildman–Crippen LogP) is 2.17. The van der Waals surface area contributed by atoms with Crippen LogP contribution < -0.4 is 0 Å². The van der Waals surface area contributed by atoms with Gasteiger partial charge >= 0.3 is 0 Å². The third-order valence-corrected chi connectivity index (χ3v) is 5.70. The van der Waals surface area contributed by atoms with Crippen LogP contribution in [0.1, 0.15) is 35.3 Å². The van der Waals surface area contributed by atoms with Crippen LogP contribution in [0.2, 0.25) is 0 Å². The summed E-state index contributed by atoms with van der Waals surface area (Å²) >= 11 is 0. The maximum Gasteiger partial charge on any atom is 0.272 e. The summed E-state index contributed by atoms with van der Waals surface area (Å²) in [5, 5.41) is 0. The molecule has 2 aliphatic rings.